The summed E-state index contributed by atoms with van der Waals surface area (Å²) in [6.45, 7) is 5.65. The molecule has 2 aromatic carbocycles. The van der Waals surface area contributed by atoms with Gasteiger partial charge in [0.15, 0.2) is 22.8 Å². The molecule has 186 valence electrons. The van der Waals surface area contributed by atoms with E-state index in [2.05, 4.69) is 13.2 Å². The van der Waals surface area contributed by atoms with E-state index in [9.17, 15) is 29.4 Å². The predicted molar refractivity (Wildman–Crippen MR) is 123 cm³/mol. The smallest absolute Gasteiger partial charge is 0.335 e. The first-order valence-electron chi connectivity index (χ1n) is 10.8. The van der Waals surface area contributed by atoms with Gasteiger partial charge in [0.05, 0.1) is 13.2 Å². The molecule has 2 heterocycles. The standard InChI is InChI=1S/C26H22O10/c1-3-20(28)35-17-9-5-15(6-10-17)22(30)25(32)14-34-26(19(27)13-33-24(25)26)23(31)16-7-11-18(12-8-16)36-21(29)4-2/h3-12,19,24,27,32H,1-2,13-14H2/t19-,24+,25-,26-/m0/s1. The number of aliphatic hydroxyl groups is 2. The number of benzene rings is 2. The van der Waals surface area contributed by atoms with E-state index in [1.165, 1.54) is 48.5 Å². The molecule has 2 saturated heterocycles. The molecule has 2 N–H and O–H groups in total. The van der Waals surface area contributed by atoms with Crippen LogP contribution in [0.3, 0.4) is 0 Å². The van der Waals surface area contributed by atoms with E-state index in [0.29, 0.717) is 0 Å². The van der Waals surface area contributed by atoms with E-state index in [-0.39, 0.29) is 29.2 Å². The van der Waals surface area contributed by atoms with Gasteiger partial charge in [-0.05, 0) is 48.5 Å². The second-order valence-corrected chi connectivity index (χ2v) is 8.19. The van der Waals surface area contributed by atoms with E-state index in [1.807, 2.05) is 0 Å². The van der Waals surface area contributed by atoms with Gasteiger partial charge in [0.2, 0.25) is 0 Å². The van der Waals surface area contributed by atoms with Gasteiger partial charge in [-0.2, -0.15) is 0 Å². The minimum atomic E-state index is -2.29. The molecule has 0 saturated carbocycles. The zero-order valence-corrected chi connectivity index (χ0v) is 18.9. The molecule has 36 heavy (non-hydrogen) atoms. The molecule has 0 spiro atoms. The Balaban J connectivity index is 1.59. The molecule has 0 amide bonds. The van der Waals surface area contributed by atoms with Crippen molar-refractivity contribution in [2.75, 3.05) is 13.2 Å². The maximum absolute atomic E-state index is 13.5. The number of aliphatic hydroxyl groups excluding tert-OH is 1. The monoisotopic (exact) mass is 494 g/mol. The number of carbonyl (C=O) groups is 4. The van der Waals surface area contributed by atoms with Crippen molar-refractivity contribution in [2.24, 2.45) is 0 Å². The second-order valence-electron chi connectivity index (χ2n) is 8.19. The van der Waals surface area contributed by atoms with Gasteiger partial charge in [0.1, 0.15) is 23.7 Å². The Labute approximate surface area is 205 Å². The van der Waals surface area contributed by atoms with Gasteiger partial charge in [0, 0.05) is 23.3 Å². The maximum Gasteiger partial charge on any atom is 0.335 e. The third-order valence-electron chi connectivity index (χ3n) is 6.02. The summed E-state index contributed by atoms with van der Waals surface area (Å²) >= 11 is 0. The van der Waals surface area contributed by atoms with Gasteiger partial charge in [0.25, 0.3) is 0 Å². The van der Waals surface area contributed by atoms with Crippen molar-refractivity contribution in [3.63, 3.8) is 0 Å². The van der Waals surface area contributed by atoms with E-state index >= 15 is 0 Å². The number of ketones is 2. The molecule has 0 aliphatic carbocycles. The van der Waals surface area contributed by atoms with Crippen LogP contribution in [0, 0.1) is 0 Å². The predicted octanol–water partition coefficient (Wildman–Crippen LogP) is 1.19. The average molecular weight is 494 g/mol. The Bertz CT molecular complexity index is 1230. The van der Waals surface area contributed by atoms with Gasteiger partial charge in [-0.1, -0.05) is 13.2 Å². The van der Waals surface area contributed by atoms with E-state index in [0.717, 1.165) is 12.2 Å². The first-order chi connectivity index (χ1) is 17.2. The summed E-state index contributed by atoms with van der Waals surface area (Å²) in [4.78, 5) is 49.5. The number of ether oxygens (including phenoxy) is 4. The normalized spacial score (nSPS) is 26.5. The summed E-state index contributed by atoms with van der Waals surface area (Å²) in [6, 6.07) is 10.8. The van der Waals surface area contributed by atoms with Crippen LogP contribution in [-0.4, -0.2) is 70.3 Å². The van der Waals surface area contributed by atoms with Crippen LogP contribution in [0.4, 0.5) is 0 Å². The molecule has 0 unspecified atom stereocenters. The highest BCUT2D eigenvalue weighted by Crippen LogP contribution is 2.46. The fourth-order valence-corrected chi connectivity index (χ4v) is 4.24. The molecule has 10 nitrogen and oxygen atoms in total. The number of rotatable bonds is 8. The highest BCUT2D eigenvalue weighted by atomic mass is 16.6. The number of fused-ring (bicyclic) bond motifs is 1. The van der Waals surface area contributed by atoms with Crippen molar-refractivity contribution in [1.82, 2.24) is 0 Å². The number of carbonyl (C=O) groups excluding carboxylic acids is 4. The molecular formula is C26H22O10. The number of hydrogen-bond donors (Lipinski definition) is 2. The molecule has 0 radical (unpaired) electrons. The summed E-state index contributed by atoms with van der Waals surface area (Å²) in [7, 11) is 0. The summed E-state index contributed by atoms with van der Waals surface area (Å²) < 4.78 is 21.2. The molecular weight excluding hydrogens is 472 g/mol. The fraction of sp³-hybridized carbons (Fsp3) is 0.231. The number of esters is 2. The largest absolute Gasteiger partial charge is 0.423 e. The maximum atomic E-state index is 13.5. The third-order valence-corrected chi connectivity index (χ3v) is 6.02. The summed E-state index contributed by atoms with van der Waals surface area (Å²) in [6.07, 6.45) is -0.994. The lowest BCUT2D eigenvalue weighted by molar-refractivity contribution is -0.129. The van der Waals surface area contributed by atoms with Crippen LogP contribution >= 0.6 is 0 Å². The van der Waals surface area contributed by atoms with E-state index in [4.69, 9.17) is 18.9 Å². The van der Waals surface area contributed by atoms with Crippen LogP contribution in [0.5, 0.6) is 11.5 Å². The van der Waals surface area contributed by atoms with Gasteiger partial charge in [-0.25, -0.2) is 9.59 Å². The van der Waals surface area contributed by atoms with Crippen molar-refractivity contribution in [3.05, 3.63) is 85.0 Å². The van der Waals surface area contributed by atoms with Crippen LogP contribution < -0.4 is 9.47 Å². The second kappa shape index (κ2) is 9.59. The van der Waals surface area contributed by atoms with Crippen LogP contribution in [0.25, 0.3) is 0 Å². The molecule has 2 aliphatic heterocycles. The number of Topliss-reactive ketones (excluding diaryl/α,β-unsaturated/α-hetero) is 2. The van der Waals surface area contributed by atoms with Gasteiger partial charge in [-0.15, -0.1) is 0 Å². The summed E-state index contributed by atoms with van der Waals surface area (Å²) in [5.74, 6) is -2.55. The first-order valence-corrected chi connectivity index (χ1v) is 10.8. The Morgan fingerprint density at radius 2 is 1.33 bits per heavy atom. The Morgan fingerprint density at radius 1 is 0.861 bits per heavy atom. The van der Waals surface area contributed by atoms with Crippen molar-refractivity contribution in [3.8, 4) is 11.5 Å². The van der Waals surface area contributed by atoms with Crippen molar-refractivity contribution in [2.45, 2.75) is 23.4 Å². The van der Waals surface area contributed by atoms with Crippen molar-refractivity contribution in [1.29, 1.82) is 0 Å². The zero-order valence-electron chi connectivity index (χ0n) is 18.9. The minimum Gasteiger partial charge on any atom is -0.423 e. The Kier molecular flexibility index (Phi) is 6.70. The molecule has 4 atom stereocenters. The zero-order chi connectivity index (χ0) is 26.1. The molecule has 10 heteroatoms. The van der Waals surface area contributed by atoms with Crippen LogP contribution in [0.15, 0.2) is 73.8 Å². The van der Waals surface area contributed by atoms with E-state index in [1.54, 1.807) is 0 Å². The highest BCUT2D eigenvalue weighted by Gasteiger charge is 2.71. The van der Waals surface area contributed by atoms with Gasteiger partial charge < -0.3 is 29.2 Å². The molecule has 0 bridgehead atoms. The van der Waals surface area contributed by atoms with Gasteiger partial charge >= 0.3 is 11.9 Å². The van der Waals surface area contributed by atoms with E-state index < -0.39 is 53.5 Å². The molecule has 2 fully saturated rings. The van der Waals surface area contributed by atoms with Crippen LogP contribution in [0.1, 0.15) is 20.7 Å². The van der Waals surface area contributed by atoms with Gasteiger partial charge in [-0.3, -0.25) is 9.59 Å². The summed E-state index contributed by atoms with van der Waals surface area (Å²) in [5, 5.41) is 22.0. The molecule has 0 aromatic heterocycles. The number of hydrogen-bond acceptors (Lipinski definition) is 10. The van der Waals surface area contributed by atoms with Crippen molar-refractivity contribution < 1.29 is 48.3 Å². The molecule has 2 aliphatic rings. The van der Waals surface area contributed by atoms with Crippen molar-refractivity contribution >= 4 is 23.5 Å². The quantitative estimate of drug-likeness (QED) is 0.238. The molecule has 2 aromatic rings. The lowest BCUT2D eigenvalue weighted by Crippen LogP contribution is -2.59. The summed E-state index contributed by atoms with van der Waals surface area (Å²) in [5.41, 5.74) is -4.20. The van der Waals surface area contributed by atoms with Crippen LogP contribution in [0.2, 0.25) is 0 Å². The SMILES string of the molecule is C=CC(=O)Oc1ccc(C(=O)[C@]23OC[C@](O)(C(=O)c4ccc(OC(=O)C=C)cc4)[C@H]2OC[C@@H]3O)cc1. The first kappa shape index (κ1) is 25.1. The third kappa shape index (κ3) is 4.16. The lowest BCUT2D eigenvalue weighted by atomic mass is 9.77. The lowest BCUT2D eigenvalue weighted by Gasteiger charge is -2.31. The topological polar surface area (TPSA) is 146 Å². The van der Waals surface area contributed by atoms with Crippen LogP contribution in [-0.2, 0) is 19.1 Å². The minimum absolute atomic E-state index is 0.0427. The molecule has 4 rings (SSSR count). The average Bonchev–Trinajstić information content (AvgIpc) is 3.40. The Hall–Kier alpha value is -3.96. The highest BCUT2D eigenvalue weighted by molar-refractivity contribution is 6.08. The fourth-order valence-electron chi connectivity index (χ4n) is 4.24. The Morgan fingerprint density at radius 3 is 1.81 bits per heavy atom.